The van der Waals surface area contributed by atoms with E-state index in [0.717, 1.165) is 5.56 Å². The standard InChI is InChI=1S/C10H14N2O2/c1-7-3-4-8(12-6-7)10(2,11)5-9(13)14/h3-4,6H,5,11H2,1-2H3,(H,13,14). The Kier molecular flexibility index (Phi) is 2.86. The van der Waals surface area contributed by atoms with Gasteiger partial charge in [0.15, 0.2) is 0 Å². The highest BCUT2D eigenvalue weighted by atomic mass is 16.4. The van der Waals surface area contributed by atoms with Crippen LogP contribution in [-0.2, 0) is 10.3 Å². The molecule has 0 amide bonds. The summed E-state index contributed by atoms with van der Waals surface area (Å²) < 4.78 is 0. The molecule has 0 aliphatic rings. The van der Waals surface area contributed by atoms with Crippen LogP contribution in [0.25, 0.3) is 0 Å². The summed E-state index contributed by atoms with van der Waals surface area (Å²) in [5, 5.41) is 8.66. The van der Waals surface area contributed by atoms with E-state index in [-0.39, 0.29) is 6.42 Å². The Labute approximate surface area is 82.8 Å². The summed E-state index contributed by atoms with van der Waals surface area (Å²) in [5.41, 5.74) is 6.57. The lowest BCUT2D eigenvalue weighted by Gasteiger charge is -2.21. The highest BCUT2D eigenvalue weighted by Gasteiger charge is 2.25. The molecule has 0 aliphatic heterocycles. The maximum absolute atomic E-state index is 10.5. The zero-order valence-electron chi connectivity index (χ0n) is 8.32. The molecule has 0 bridgehead atoms. The van der Waals surface area contributed by atoms with Crippen LogP contribution in [0.1, 0.15) is 24.6 Å². The van der Waals surface area contributed by atoms with Gasteiger partial charge >= 0.3 is 5.97 Å². The minimum atomic E-state index is -0.919. The van der Waals surface area contributed by atoms with Crippen molar-refractivity contribution in [2.45, 2.75) is 25.8 Å². The molecule has 4 heteroatoms. The van der Waals surface area contributed by atoms with Crippen LogP contribution in [0.15, 0.2) is 18.3 Å². The smallest absolute Gasteiger partial charge is 0.305 e. The molecule has 1 aromatic heterocycles. The van der Waals surface area contributed by atoms with Gasteiger partial charge in [-0.2, -0.15) is 0 Å². The summed E-state index contributed by atoms with van der Waals surface area (Å²) in [4.78, 5) is 14.7. The predicted molar refractivity (Wildman–Crippen MR) is 52.8 cm³/mol. The SMILES string of the molecule is Cc1ccc(C(C)(N)CC(=O)O)nc1. The average Bonchev–Trinajstić information content (AvgIpc) is 2.02. The summed E-state index contributed by atoms with van der Waals surface area (Å²) in [6.45, 7) is 3.58. The average molecular weight is 194 g/mol. The first kappa shape index (κ1) is 10.7. The van der Waals surface area contributed by atoms with Crippen molar-refractivity contribution in [3.8, 4) is 0 Å². The number of hydrogen-bond acceptors (Lipinski definition) is 3. The molecule has 1 atom stereocenters. The maximum atomic E-state index is 10.5. The first-order chi connectivity index (χ1) is 6.42. The molecule has 0 aliphatic carbocycles. The summed E-state index contributed by atoms with van der Waals surface area (Å²) in [7, 11) is 0. The quantitative estimate of drug-likeness (QED) is 0.753. The molecule has 4 nitrogen and oxygen atoms in total. The second-order valence-corrected chi connectivity index (χ2v) is 3.71. The van der Waals surface area contributed by atoms with E-state index in [1.54, 1.807) is 19.2 Å². The monoisotopic (exact) mass is 194 g/mol. The van der Waals surface area contributed by atoms with E-state index < -0.39 is 11.5 Å². The predicted octanol–water partition coefficient (Wildman–Crippen LogP) is 1.04. The number of carbonyl (C=O) groups is 1. The van der Waals surface area contributed by atoms with Crippen molar-refractivity contribution >= 4 is 5.97 Å². The van der Waals surface area contributed by atoms with Crippen LogP contribution >= 0.6 is 0 Å². The maximum Gasteiger partial charge on any atom is 0.305 e. The largest absolute Gasteiger partial charge is 0.481 e. The number of nitrogens with two attached hydrogens (primary N) is 1. The molecule has 0 spiro atoms. The van der Waals surface area contributed by atoms with Crippen LogP contribution in [0.3, 0.4) is 0 Å². The van der Waals surface area contributed by atoms with Crippen molar-refractivity contribution in [3.63, 3.8) is 0 Å². The molecule has 1 unspecified atom stereocenters. The molecular weight excluding hydrogens is 180 g/mol. The molecule has 0 aromatic carbocycles. The van der Waals surface area contributed by atoms with E-state index in [0.29, 0.717) is 5.69 Å². The number of nitrogens with zero attached hydrogens (tertiary/aromatic N) is 1. The Morgan fingerprint density at radius 2 is 2.29 bits per heavy atom. The van der Waals surface area contributed by atoms with E-state index >= 15 is 0 Å². The van der Waals surface area contributed by atoms with Gasteiger partial charge in [-0.25, -0.2) is 0 Å². The summed E-state index contributed by atoms with van der Waals surface area (Å²) in [6, 6.07) is 3.63. The molecule has 0 radical (unpaired) electrons. The third-order valence-corrected chi connectivity index (χ3v) is 2.01. The van der Waals surface area contributed by atoms with E-state index in [1.165, 1.54) is 0 Å². The van der Waals surface area contributed by atoms with E-state index in [1.807, 2.05) is 13.0 Å². The number of hydrogen-bond donors (Lipinski definition) is 2. The number of carboxylic acids is 1. The normalized spacial score (nSPS) is 14.8. The van der Waals surface area contributed by atoms with Gasteiger partial charge in [-0.3, -0.25) is 9.78 Å². The lowest BCUT2D eigenvalue weighted by atomic mass is 9.94. The van der Waals surface area contributed by atoms with E-state index in [2.05, 4.69) is 4.98 Å². The number of rotatable bonds is 3. The zero-order valence-corrected chi connectivity index (χ0v) is 8.32. The van der Waals surface area contributed by atoms with Gasteiger partial charge in [-0.05, 0) is 25.5 Å². The first-order valence-electron chi connectivity index (χ1n) is 4.35. The lowest BCUT2D eigenvalue weighted by molar-refractivity contribution is -0.138. The molecule has 3 N–H and O–H groups in total. The summed E-state index contributed by atoms with van der Waals surface area (Å²) in [5.74, 6) is -0.919. The van der Waals surface area contributed by atoms with Gasteiger partial charge in [0.2, 0.25) is 0 Å². The van der Waals surface area contributed by atoms with Gasteiger partial charge in [-0.15, -0.1) is 0 Å². The second kappa shape index (κ2) is 3.75. The third kappa shape index (κ3) is 2.53. The number of aromatic nitrogens is 1. The fraction of sp³-hybridized carbons (Fsp3) is 0.400. The summed E-state index contributed by atoms with van der Waals surface area (Å²) >= 11 is 0. The van der Waals surface area contributed by atoms with Crippen LogP contribution in [0, 0.1) is 6.92 Å². The molecule has 1 heterocycles. The number of pyridine rings is 1. The van der Waals surface area contributed by atoms with E-state index in [4.69, 9.17) is 10.8 Å². The first-order valence-corrected chi connectivity index (χ1v) is 4.35. The van der Waals surface area contributed by atoms with Crippen molar-refractivity contribution < 1.29 is 9.90 Å². The number of carboxylic acid groups (broad SMARTS) is 1. The van der Waals surface area contributed by atoms with Crippen LogP contribution in [0.5, 0.6) is 0 Å². The molecular formula is C10H14N2O2. The van der Waals surface area contributed by atoms with Gasteiger partial charge in [0.05, 0.1) is 17.7 Å². The van der Waals surface area contributed by atoms with Crippen molar-refractivity contribution in [2.24, 2.45) is 5.73 Å². The molecule has 14 heavy (non-hydrogen) atoms. The number of aliphatic carboxylic acids is 1. The molecule has 1 aromatic rings. The molecule has 0 saturated carbocycles. The van der Waals surface area contributed by atoms with Gasteiger partial charge < -0.3 is 10.8 Å². The van der Waals surface area contributed by atoms with Crippen molar-refractivity contribution in [1.29, 1.82) is 0 Å². The van der Waals surface area contributed by atoms with Gasteiger partial charge in [0.1, 0.15) is 0 Å². The Bertz CT molecular complexity index is 330. The topological polar surface area (TPSA) is 76.2 Å². The molecule has 1 rings (SSSR count). The van der Waals surface area contributed by atoms with Crippen molar-refractivity contribution in [3.05, 3.63) is 29.6 Å². The Morgan fingerprint density at radius 1 is 1.64 bits per heavy atom. The Hall–Kier alpha value is -1.42. The highest BCUT2D eigenvalue weighted by molar-refractivity contribution is 5.68. The second-order valence-electron chi connectivity index (χ2n) is 3.71. The Morgan fingerprint density at radius 3 is 2.71 bits per heavy atom. The highest BCUT2D eigenvalue weighted by Crippen LogP contribution is 2.19. The Balaban J connectivity index is 2.91. The van der Waals surface area contributed by atoms with Crippen LogP contribution < -0.4 is 5.73 Å². The lowest BCUT2D eigenvalue weighted by Crippen LogP contribution is -2.36. The molecule has 0 saturated heterocycles. The van der Waals surface area contributed by atoms with Crippen LogP contribution in [0.4, 0.5) is 0 Å². The molecule has 76 valence electrons. The van der Waals surface area contributed by atoms with Gasteiger partial charge in [0.25, 0.3) is 0 Å². The molecule has 0 fully saturated rings. The van der Waals surface area contributed by atoms with Crippen molar-refractivity contribution in [1.82, 2.24) is 4.98 Å². The summed E-state index contributed by atoms with van der Waals surface area (Å²) in [6.07, 6.45) is 1.56. The van der Waals surface area contributed by atoms with Gasteiger partial charge in [-0.1, -0.05) is 6.07 Å². The van der Waals surface area contributed by atoms with Crippen molar-refractivity contribution in [2.75, 3.05) is 0 Å². The minimum absolute atomic E-state index is 0.122. The third-order valence-electron chi connectivity index (χ3n) is 2.01. The van der Waals surface area contributed by atoms with Crippen LogP contribution in [0.2, 0.25) is 0 Å². The fourth-order valence-corrected chi connectivity index (χ4v) is 1.21. The van der Waals surface area contributed by atoms with Gasteiger partial charge in [0, 0.05) is 6.20 Å². The van der Waals surface area contributed by atoms with E-state index in [9.17, 15) is 4.79 Å². The minimum Gasteiger partial charge on any atom is -0.481 e. The van der Waals surface area contributed by atoms with Crippen LogP contribution in [-0.4, -0.2) is 16.1 Å². The zero-order chi connectivity index (χ0) is 10.8. The fourth-order valence-electron chi connectivity index (χ4n) is 1.21. The number of aryl methyl sites for hydroxylation is 1.